The molecule has 1 amide bonds. The lowest BCUT2D eigenvalue weighted by Gasteiger charge is -2.18. The summed E-state index contributed by atoms with van der Waals surface area (Å²) in [4.78, 5) is 13.6. The van der Waals surface area contributed by atoms with Crippen molar-refractivity contribution in [3.63, 3.8) is 0 Å². The summed E-state index contributed by atoms with van der Waals surface area (Å²) in [5, 5.41) is 6.09. The zero-order valence-corrected chi connectivity index (χ0v) is 12.7. The Bertz CT molecular complexity index is 588. The van der Waals surface area contributed by atoms with Crippen LogP contribution in [0.4, 0.5) is 18.9 Å². The van der Waals surface area contributed by atoms with E-state index in [4.69, 9.17) is 0 Å². The molecule has 0 aliphatic carbocycles. The molecule has 126 valence electrons. The molecule has 1 atom stereocenters. The first-order valence-corrected chi connectivity index (χ1v) is 7.85. The van der Waals surface area contributed by atoms with Crippen molar-refractivity contribution in [2.75, 3.05) is 38.0 Å². The number of nitrogens with zero attached hydrogens (tertiary/aromatic N) is 1. The van der Waals surface area contributed by atoms with Crippen LogP contribution < -0.4 is 10.6 Å². The molecule has 7 heteroatoms. The van der Waals surface area contributed by atoms with Gasteiger partial charge in [-0.05, 0) is 49.1 Å². The van der Waals surface area contributed by atoms with E-state index >= 15 is 0 Å². The van der Waals surface area contributed by atoms with Crippen molar-refractivity contribution in [2.24, 2.45) is 5.92 Å². The maximum absolute atomic E-state index is 12.4. The van der Waals surface area contributed by atoms with Crippen molar-refractivity contribution in [3.05, 3.63) is 29.3 Å². The topological polar surface area (TPSA) is 44.4 Å². The van der Waals surface area contributed by atoms with Gasteiger partial charge in [-0.1, -0.05) is 0 Å². The van der Waals surface area contributed by atoms with E-state index in [0.29, 0.717) is 31.6 Å². The van der Waals surface area contributed by atoms with Gasteiger partial charge >= 0.3 is 6.18 Å². The number of anilines is 1. The smallest absolute Gasteiger partial charge is 0.384 e. The first kappa shape index (κ1) is 16.1. The second-order valence-electron chi connectivity index (χ2n) is 6.26. The van der Waals surface area contributed by atoms with Crippen molar-refractivity contribution in [2.45, 2.75) is 19.0 Å². The van der Waals surface area contributed by atoms with E-state index in [-0.39, 0.29) is 11.8 Å². The summed E-state index contributed by atoms with van der Waals surface area (Å²) in [7, 11) is 0. The molecular formula is C16H20F3N3O. The van der Waals surface area contributed by atoms with E-state index < -0.39 is 12.7 Å². The number of hydrogen-bond acceptors (Lipinski definition) is 3. The van der Waals surface area contributed by atoms with E-state index in [2.05, 4.69) is 10.6 Å². The maximum Gasteiger partial charge on any atom is 0.401 e. The molecule has 2 aliphatic heterocycles. The van der Waals surface area contributed by atoms with Crippen LogP contribution in [0, 0.1) is 5.92 Å². The number of rotatable bonds is 4. The minimum Gasteiger partial charge on any atom is -0.384 e. The Balaban J connectivity index is 1.48. The van der Waals surface area contributed by atoms with Crippen molar-refractivity contribution in [1.82, 2.24) is 10.2 Å². The van der Waals surface area contributed by atoms with Crippen LogP contribution in [-0.2, 0) is 6.42 Å². The summed E-state index contributed by atoms with van der Waals surface area (Å²) in [6.07, 6.45) is -2.56. The Morgan fingerprint density at radius 1 is 1.39 bits per heavy atom. The highest BCUT2D eigenvalue weighted by Gasteiger charge is 2.34. The van der Waals surface area contributed by atoms with Gasteiger partial charge in [-0.3, -0.25) is 9.69 Å². The monoisotopic (exact) mass is 327 g/mol. The summed E-state index contributed by atoms with van der Waals surface area (Å²) in [5.74, 6) is -0.0774. The van der Waals surface area contributed by atoms with E-state index in [1.54, 1.807) is 6.07 Å². The van der Waals surface area contributed by atoms with Crippen LogP contribution in [0.1, 0.15) is 22.3 Å². The molecule has 1 unspecified atom stereocenters. The molecular weight excluding hydrogens is 307 g/mol. The van der Waals surface area contributed by atoms with Crippen molar-refractivity contribution in [3.8, 4) is 0 Å². The Hall–Kier alpha value is -1.76. The number of fused-ring (bicyclic) bond motifs is 1. The summed E-state index contributed by atoms with van der Waals surface area (Å²) in [5.41, 5.74) is 2.81. The molecule has 3 rings (SSSR count). The summed E-state index contributed by atoms with van der Waals surface area (Å²) >= 11 is 0. The number of halogens is 3. The highest BCUT2D eigenvalue weighted by molar-refractivity contribution is 5.95. The molecule has 1 fully saturated rings. The fourth-order valence-corrected chi connectivity index (χ4v) is 3.26. The Morgan fingerprint density at radius 2 is 2.22 bits per heavy atom. The molecule has 1 aromatic rings. The highest BCUT2D eigenvalue weighted by Crippen LogP contribution is 2.24. The largest absolute Gasteiger partial charge is 0.401 e. The third-order valence-corrected chi connectivity index (χ3v) is 4.40. The number of carbonyl (C=O) groups excluding carboxylic acids is 1. The maximum atomic E-state index is 12.4. The lowest BCUT2D eigenvalue weighted by Crippen LogP contribution is -2.34. The molecule has 0 saturated carbocycles. The first-order valence-electron chi connectivity index (χ1n) is 7.85. The van der Waals surface area contributed by atoms with Gasteiger partial charge in [0.15, 0.2) is 0 Å². The van der Waals surface area contributed by atoms with Gasteiger partial charge in [0.05, 0.1) is 6.54 Å². The lowest BCUT2D eigenvalue weighted by molar-refractivity contribution is -0.143. The Labute approximate surface area is 133 Å². The number of likely N-dealkylation sites (tertiary alicyclic amines) is 1. The Kier molecular flexibility index (Phi) is 4.48. The second-order valence-corrected chi connectivity index (χ2v) is 6.26. The molecule has 0 spiro atoms. The predicted octanol–water partition coefficient (Wildman–Crippen LogP) is 2.27. The second kappa shape index (κ2) is 6.39. The standard InChI is InChI=1S/C16H20F3N3O/c17-16(18,19)10-22-6-4-11(9-22)8-21-15(23)13-1-2-14-12(7-13)3-5-20-14/h1-2,7,11,20H,3-6,8-10H2,(H,21,23). The number of hydrogen-bond donors (Lipinski definition) is 2. The van der Waals surface area contributed by atoms with Crippen LogP contribution in [0.5, 0.6) is 0 Å². The summed E-state index contributed by atoms with van der Waals surface area (Å²) < 4.78 is 37.1. The molecule has 2 aliphatic rings. The van der Waals surface area contributed by atoms with Crippen LogP contribution in [0.15, 0.2) is 18.2 Å². The average Bonchev–Trinajstić information content (AvgIpc) is 3.11. The van der Waals surface area contributed by atoms with E-state index in [0.717, 1.165) is 24.2 Å². The van der Waals surface area contributed by atoms with Crippen LogP contribution in [0.3, 0.4) is 0 Å². The van der Waals surface area contributed by atoms with Gasteiger partial charge in [0.2, 0.25) is 0 Å². The van der Waals surface area contributed by atoms with E-state index in [1.807, 2.05) is 12.1 Å². The fourth-order valence-electron chi connectivity index (χ4n) is 3.26. The Morgan fingerprint density at radius 3 is 3.00 bits per heavy atom. The summed E-state index contributed by atoms with van der Waals surface area (Å²) in [6.45, 7) is 1.26. The minimum atomic E-state index is -4.16. The molecule has 4 nitrogen and oxygen atoms in total. The van der Waals surface area contributed by atoms with Crippen molar-refractivity contribution < 1.29 is 18.0 Å². The molecule has 23 heavy (non-hydrogen) atoms. The number of amides is 1. The quantitative estimate of drug-likeness (QED) is 0.892. The van der Waals surface area contributed by atoms with Gasteiger partial charge in [0.1, 0.15) is 0 Å². The van der Waals surface area contributed by atoms with Gasteiger partial charge in [0.25, 0.3) is 5.91 Å². The summed E-state index contributed by atoms with van der Waals surface area (Å²) in [6, 6.07) is 5.56. The van der Waals surface area contributed by atoms with Gasteiger partial charge in [0, 0.05) is 30.9 Å². The SMILES string of the molecule is O=C(NCC1CCN(CC(F)(F)F)C1)c1ccc2c(c1)CCN2. The molecule has 0 aromatic heterocycles. The average molecular weight is 327 g/mol. The molecule has 2 heterocycles. The minimum absolute atomic E-state index is 0.0809. The zero-order valence-electron chi connectivity index (χ0n) is 12.7. The van der Waals surface area contributed by atoms with Crippen LogP contribution in [0.25, 0.3) is 0 Å². The van der Waals surface area contributed by atoms with Gasteiger partial charge in [-0.25, -0.2) is 0 Å². The van der Waals surface area contributed by atoms with Crippen LogP contribution >= 0.6 is 0 Å². The molecule has 2 N–H and O–H groups in total. The van der Waals surface area contributed by atoms with Crippen LogP contribution in [0.2, 0.25) is 0 Å². The van der Waals surface area contributed by atoms with Gasteiger partial charge in [-0.15, -0.1) is 0 Å². The van der Waals surface area contributed by atoms with Gasteiger partial charge < -0.3 is 10.6 Å². The third-order valence-electron chi connectivity index (χ3n) is 4.40. The van der Waals surface area contributed by atoms with Crippen LogP contribution in [-0.4, -0.2) is 49.7 Å². The number of carbonyl (C=O) groups is 1. The normalized spacial score (nSPS) is 21.1. The third kappa shape index (κ3) is 4.16. The zero-order chi connectivity index (χ0) is 16.4. The molecule has 0 radical (unpaired) electrons. The predicted molar refractivity (Wildman–Crippen MR) is 81.6 cm³/mol. The number of benzene rings is 1. The first-order chi connectivity index (χ1) is 10.9. The highest BCUT2D eigenvalue weighted by atomic mass is 19.4. The fraction of sp³-hybridized carbons (Fsp3) is 0.562. The molecule has 1 saturated heterocycles. The lowest BCUT2D eigenvalue weighted by atomic mass is 10.1. The number of nitrogens with one attached hydrogen (secondary N) is 2. The van der Waals surface area contributed by atoms with Crippen molar-refractivity contribution in [1.29, 1.82) is 0 Å². The van der Waals surface area contributed by atoms with Gasteiger partial charge in [-0.2, -0.15) is 13.2 Å². The van der Waals surface area contributed by atoms with Crippen molar-refractivity contribution >= 4 is 11.6 Å². The number of alkyl halides is 3. The van der Waals surface area contributed by atoms with E-state index in [1.165, 1.54) is 4.90 Å². The molecule has 0 bridgehead atoms. The molecule has 1 aromatic carbocycles. The van der Waals surface area contributed by atoms with E-state index in [9.17, 15) is 18.0 Å².